The van der Waals surface area contributed by atoms with Crippen LogP contribution in [-0.2, 0) is 16.1 Å². The van der Waals surface area contributed by atoms with Crippen molar-refractivity contribution in [2.75, 3.05) is 33.4 Å². The Labute approximate surface area is 206 Å². The van der Waals surface area contributed by atoms with Crippen LogP contribution in [0.4, 0.5) is 0 Å². The lowest BCUT2D eigenvalue weighted by Crippen LogP contribution is -2.41. The molecule has 1 aromatic heterocycles. The summed E-state index contributed by atoms with van der Waals surface area (Å²) in [6.07, 6.45) is 2.69. The normalized spacial score (nSPS) is 14.7. The molecule has 1 fully saturated rings. The highest BCUT2D eigenvalue weighted by atomic mass is 16.5. The Bertz CT molecular complexity index is 1290. The largest absolute Gasteiger partial charge is 0.497 e. The maximum Gasteiger partial charge on any atom is 0.223 e. The van der Waals surface area contributed by atoms with E-state index in [2.05, 4.69) is 78.4 Å². The quantitative estimate of drug-likeness (QED) is 0.365. The summed E-state index contributed by atoms with van der Waals surface area (Å²) < 4.78 is 13.1. The molecule has 2 heterocycles. The van der Waals surface area contributed by atoms with Gasteiger partial charge in [0, 0.05) is 49.1 Å². The maximum absolute atomic E-state index is 13.4. The topological polar surface area (TPSA) is 43.7 Å². The van der Waals surface area contributed by atoms with Gasteiger partial charge in [0.1, 0.15) is 5.75 Å². The minimum Gasteiger partial charge on any atom is -0.497 e. The van der Waals surface area contributed by atoms with Crippen LogP contribution in [0.3, 0.4) is 0 Å². The molecule has 0 radical (unpaired) electrons. The zero-order valence-corrected chi connectivity index (χ0v) is 20.4. The van der Waals surface area contributed by atoms with Crippen molar-refractivity contribution in [3.8, 4) is 5.75 Å². The van der Waals surface area contributed by atoms with Gasteiger partial charge in [-0.05, 0) is 41.8 Å². The van der Waals surface area contributed by atoms with Crippen molar-refractivity contribution in [2.24, 2.45) is 0 Å². The highest BCUT2D eigenvalue weighted by Crippen LogP contribution is 2.36. The molecule has 0 spiro atoms. The number of hydrogen-bond acceptors (Lipinski definition) is 3. The summed E-state index contributed by atoms with van der Waals surface area (Å²) >= 11 is 0. The molecule has 35 heavy (non-hydrogen) atoms. The van der Waals surface area contributed by atoms with Gasteiger partial charge in [-0.3, -0.25) is 4.79 Å². The summed E-state index contributed by atoms with van der Waals surface area (Å²) in [6, 6.07) is 25.3. The molecule has 5 heteroatoms. The van der Waals surface area contributed by atoms with Crippen molar-refractivity contribution in [3.05, 3.63) is 101 Å². The number of aryl methyl sites for hydroxylation is 1. The molecule has 1 atom stereocenters. The van der Waals surface area contributed by atoms with Gasteiger partial charge < -0.3 is 18.9 Å². The summed E-state index contributed by atoms with van der Waals surface area (Å²) in [5.41, 5.74) is 5.96. The number of nitrogens with zero attached hydrogens (tertiary/aromatic N) is 2. The van der Waals surface area contributed by atoms with Gasteiger partial charge in [-0.1, -0.05) is 60.2 Å². The number of methoxy groups -OCH3 is 1. The van der Waals surface area contributed by atoms with Gasteiger partial charge in [-0.25, -0.2) is 0 Å². The number of carbonyl (C=O) groups excluding carboxylic acids is 1. The van der Waals surface area contributed by atoms with Crippen molar-refractivity contribution >= 4 is 16.8 Å². The van der Waals surface area contributed by atoms with Crippen LogP contribution in [0.5, 0.6) is 5.75 Å². The van der Waals surface area contributed by atoms with Crippen LogP contribution >= 0.6 is 0 Å². The molecule has 1 aliphatic heterocycles. The summed E-state index contributed by atoms with van der Waals surface area (Å²) in [7, 11) is 1.68. The Hall–Kier alpha value is -3.57. The first-order valence-electron chi connectivity index (χ1n) is 12.2. The highest BCUT2D eigenvalue weighted by molar-refractivity contribution is 5.87. The monoisotopic (exact) mass is 468 g/mol. The lowest BCUT2D eigenvalue weighted by atomic mass is 9.87. The molecule has 5 rings (SSSR count). The number of amides is 1. The van der Waals surface area contributed by atoms with E-state index >= 15 is 0 Å². The fraction of sp³-hybridized carbons (Fsp3) is 0.300. The number of ether oxygens (including phenoxy) is 2. The Kier molecular flexibility index (Phi) is 6.87. The van der Waals surface area contributed by atoms with Crippen LogP contribution in [0.25, 0.3) is 10.9 Å². The van der Waals surface area contributed by atoms with Crippen molar-refractivity contribution in [1.29, 1.82) is 0 Å². The molecular weight excluding hydrogens is 436 g/mol. The van der Waals surface area contributed by atoms with E-state index in [9.17, 15) is 4.79 Å². The van der Waals surface area contributed by atoms with Gasteiger partial charge in [0.15, 0.2) is 0 Å². The number of hydrogen-bond donors (Lipinski definition) is 0. The third-order valence-corrected chi connectivity index (χ3v) is 6.93. The molecule has 1 aliphatic rings. The Morgan fingerprint density at radius 2 is 1.69 bits per heavy atom. The van der Waals surface area contributed by atoms with E-state index in [0.29, 0.717) is 32.7 Å². The van der Waals surface area contributed by atoms with E-state index in [1.54, 1.807) is 7.11 Å². The molecular formula is C30H32N2O3. The minimum absolute atomic E-state index is 0.0204. The van der Waals surface area contributed by atoms with E-state index in [0.717, 1.165) is 12.3 Å². The zero-order valence-electron chi connectivity index (χ0n) is 20.4. The van der Waals surface area contributed by atoms with Crippen LogP contribution in [-0.4, -0.2) is 48.8 Å². The number of morpholine rings is 1. The second-order valence-electron chi connectivity index (χ2n) is 9.24. The van der Waals surface area contributed by atoms with E-state index in [1.165, 1.54) is 33.2 Å². The number of carbonyl (C=O) groups is 1. The van der Waals surface area contributed by atoms with Gasteiger partial charge >= 0.3 is 0 Å². The van der Waals surface area contributed by atoms with Crippen molar-refractivity contribution in [3.63, 3.8) is 0 Å². The fourth-order valence-corrected chi connectivity index (χ4v) is 4.93. The smallest absolute Gasteiger partial charge is 0.223 e. The van der Waals surface area contributed by atoms with Gasteiger partial charge in [0.2, 0.25) is 5.91 Å². The average molecular weight is 469 g/mol. The second kappa shape index (κ2) is 10.4. The lowest BCUT2D eigenvalue weighted by molar-refractivity contribution is -0.135. The summed E-state index contributed by atoms with van der Waals surface area (Å²) in [5.74, 6) is 1.02. The van der Waals surface area contributed by atoms with Gasteiger partial charge in [0.25, 0.3) is 0 Å². The van der Waals surface area contributed by atoms with E-state index in [1.807, 2.05) is 17.0 Å². The molecule has 1 saturated heterocycles. The fourth-order valence-electron chi connectivity index (χ4n) is 4.93. The predicted molar refractivity (Wildman–Crippen MR) is 139 cm³/mol. The molecule has 180 valence electrons. The number of benzene rings is 3. The number of para-hydroxylation sites is 1. The van der Waals surface area contributed by atoms with E-state index in [-0.39, 0.29) is 11.8 Å². The van der Waals surface area contributed by atoms with Gasteiger partial charge in [0.05, 0.1) is 20.3 Å². The number of aromatic nitrogens is 1. The van der Waals surface area contributed by atoms with E-state index < -0.39 is 0 Å². The van der Waals surface area contributed by atoms with Crippen LogP contribution in [0, 0.1) is 6.92 Å². The maximum atomic E-state index is 13.4. The van der Waals surface area contributed by atoms with Crippen LogP contribution in [0.15, 0.2) is 79.0 Å². The second-order valence-corrected chi connectivity index (χ2v) is 9.24. The van der Waals surface area contributed by atoms with Crippen LogP contribution in [0.2, 0.25) is 0 Å². The number of rotatable bonds is 7. The van der Waals surface area contributed by atoms with Crippen LogP contribution in [0.1, 0.15) is 34.6 Å². The first kappa shape index (κ1) is 23.2. The summed E-state index contributed by atoms with van der Waals surface area (Å²) in [4.78, 5) is 15.3. The predicted octanol–water partition coefficient (Wildman–Crippen LogP) is 5.39. The first-order chi connectivity index (χ1) is 17.1. The molecule has 3 aromatic carbocycles. The Balaban J connectivity index is 1.53. The standard InChI is InChI=1S/C30H32N2O3/c1-22-7-11-24(12-8-22)27(19-30(33)31-15-17-35-18-16-31)28-21-32(29-6-4-3-5-26(28)29)20-23-9-13-25(34-2)14-10-23/h3-14,21,27H,15-20H2,1-2H3/t27-/m1/s1. The molecule has 0 aliphatic carbocycles. The van der Waals surface area contributed by atoms with Gasteiger partial charge in [-0.2, -0.15) is 0 Å². The molecule has 4 aromatic rings. The number of fused-ring (bicyclic) bond motifs is 1. The summed E-state index contributed by atoms with van der Waals surface area (Å²) in [6.45, 7) is 5.41. The molecule has 0 N–H and O–H groups in total. The first-order valence-corrected chi connectivity index (χ1v) is 12.2. The third-order valence-electron chi connectivity index (χ3n) is 6.93. The molecule has 1 amide bonds. The minimum atomic E-state index is -0.0204. The highest BCUT2D eigenvalue weighted by Gasteiger charge is 2.26. The van der Waals surface area contributed by atoms with Crippen molar-refractivity contribution in [1.82, 2.24) is 9.47 Å². The van der Waals surface area contributed by atoms with Crippen molar-refractivity contribution in [2.45, 2.75) is 25.8 Å². The van der Waals surface area contributed by atoms with E-state index in [4.69, 9.17) is 9.47 Å². The lowest BCUT2D eigenvalue weighted by Gasteiger charge is -2.28. The molecule has 0 unspecified atom stereocenters. The molecule has 5 nitrogen and oxygen atoms in total. The average Bonchev–Trinajstić information content (AvgIpc) is 3.27. The molecule has 0 bridgehead atoms. The Morgan fingerprint density at radius 1 is 0.971 bits per heavy atom. The SMILES string of the molecule is COc1ccc(Cn2cc([C@H](CC(=O)N3CCOCC3)c3ccc(C)cc3)c3ccccc32)cc1. The summed E-state index contributed by atoms with van der Waals surface area (Å²) in [5, 5.41) is 1.20. The van der Waals surface area contributed by atoms with Crippen LogP contribution < -0.4 is 4.74 Å². The van der Waals surface area contributed by atoms with Crippen molar-refractivity contribution < 1.29 is 14.3 Å². The Morgan fingerprint density at radius 3 is 2.40 bits per heavy atom. The zero-order chi connectivity index (χ0) is 24.2. The molecule has 0 saturated carbocycles. The third kappa shape index (κ3) is 5.10. The van der Waals surface area contributed by atoms with Gasteiger partial charge in [-0.15, -0.1) is 0 Å².